The van der Waals surface area contributed by atoms with E-state index in [1.165, 1.54) is 11.3 Å². The molecule has 0 saturated heterocycles. The highest BCUT2D eigenvalue weighted by atomic mass is 32.1. The fourth-order valence-electron chi connectivity index (χ4n) is 2.77. The molecule has 2 aromatic carbocycles. The van der Waals surface area contributed by atoms with Gasteiger partial charge in [-0.05, 0) is 37.3 Å². The molecule has 4 rings (SSSR count). The number of hydrogen-bond donors (Lipinski definition) is 1. The molecule has 1 N–H and O–H groups in total. The Balaban J connectivity index is 1.32. The highest BCUT2D eigenvalue weighted by Crippen LogP contribution is 2.29. The number of aromatic nitrogens is 2. The molecule has 0 aliphatic carbocycles. The number of fused-ring (bicyclic) bond motifs is 2. The Kier molecular flexibility index (Phi) is 5.39. The van der Waals surface area contributed by atoms with Gasteiger partial charge < -0.3 is 14.0 Å². The second-order valence-electron chi connectivity index (χ2n) is 6.09. The van der Waals surface area contributed by atoms with E-state index in [1.54, 1.807) is 6.07 Å². The quantitative estimate of drug-likeness (QED) is 0.464. The van der Waals surface area contributed by atoms with Gasteiger partial charge in [-0.15, -0.1) is 0 Å². The number of esters is 1. The van der Waals surface area contributed by atoms with Crippen molar-refractivity contribution in [3.63, 3.8) is 0 Å². The molecule has 8 nitrogen and oxygen atoms in total. The van der Waals surface area contributed by atoms with Crippen LogP contribution in [-0.4, -0.2) is 35.2 Å². The van der Waals surface area contributed by atoms with Crippen molar-refractivity contribution in [3.8, 4) is 5.75 Å². The highest BCUT2D eigenvalue weighted by Gasteiger charge is 2.15. The van der Waals surface area contributed by atoms with E-state index in [0.717, 1.165) is 21.4 Å². The zero-order valence-corrected chi connectivity index (χ0v) is 16.3. The topological polar surface area (TPSA) is 104 Å². The molecular formula is C20H17N3O5S. The van der Waals surface area contributed by atoms with Gasteiger partial charge in [-0.1, -0.05) is 28.6 Å². The average molecular weight is 411 g/mol. The standard InChI is InChI=1S/C20H17N3O5S/c1-2-26-12-7-8-14-17(9-12)29-20(21-14)22-18(24)11-27-19(25)10-15-13-5-3-4-6-16(13)28-23-15/h3-9H,2,10-11H2,1H3,(H,21,22,24). The van der Waals surface area contributed by atoms with Crippen molar-refractivity contribution < 1.29 is 23.6 Å². The largest absolute Gasteiger partial charge is 0.494 e. The molecule has 9 heteroatoms. The van der Waals surface area contributed by atoms with Crippen molar-refractivity contribution in [2.75, 3.05) is 18.5 Å². The van der Waals surface area contributed by atoms with E-state index in [0.29, 0.717) is 23.0 Å². The summed E-state index contributed by atoms with van der Waals surface area (Å²) in [5, 5.41) is 7.70. The summed E-state index contributed by atoms with van der Waals surface area (Å²) < 4.78 is 16.6. The van der Waals surface area contributed by atoms with Crippen molar-refractivity contribution in [2.24, 2.45) is 0 Å². The average Bonchev–Trinajstić information content (AvgIpc) is 3.30. The van der Waals surface area contributed by atoms with Gasteiger partial charge in [0.2, 0.25) is 0 Å². The minimum absolute atomic E-state index is 0.0777. The number of anilines is 1. The smallest absolute Gasteiger partial charge is 0.312 e. The molecule has 0 unspecified atom stereocenters. The van der Waals surface area contributed by atoms with E-state index in [4.69, 9.17) is 14.0 Å². The van der Waals surface area contributed by atoms with E-state index >= 15 is 0 Å². The lowest BCUT2D eigenvalue weighted by Crippen LogP contribution is -2.21. The minimum atomic E-state index is -0.565. The number of benzene rings is 2. The van der Waals surface area contributed by atoms with Gasteiger partial charge in [-0.25, -0.2) is 4.98 Å². The van der Waals surface area contributed by atoms with Crippen LogP contribution >= 0.6 is 11.3 Å². The molecule has 2 heterocycles. The van der Waals surface area contributed by atoms with Crippen LogP contribution in [0.2, 0.25) is 0 Å². The maximum atomic E-state index is 12.1. The molecule has 0 spiro atoms. The monoisotopic (exact) mass is 411 g/mol. The first-order valence-corrected chi connectivity index (χ1v) is 9.76. The molecule has 0 aliphatic heterocycles. The number of nitrogens with zero attached hydrogens (tertiary/aromatic N) is 2. The Hall–Kier alpha value is -3.46. The van der Waals surface area contributed by atoms with Gasteiger partial charge in [0, 0.05) is 5.39 Å². The number of rotatable bonds is 7. The molecule has 0 fully saturated rings. The SMILES string of the molecule is CCOc1ccc2nc(NC(=O)COC(=O)Cc3noc4ccccc34)sc2c1. The third kappa shape index (κ3) is 4.35. The van der Waals surface area contributed by atoms with Gasteiger partial charge in [-0.2, -0.15) is 0 Å². The number of hydrogen-bond acceptors (Lipinski definition) is 8. The van der Waals surface area contributed by atoms with E-state index in [1.807, 2.05) is 43.3 Å². The Morgan fingerprint density at radius 3 is 2.93 bits per heavy atom. The van der Waals surface area contributed by atoms with Crippen LogP contribution < -0.4 is 10.1 Å². The van der Waals surface area contributed by atoms with Crippen LogP contribution in [0.3, 0.4) is 0 Å². The minimum Gasteiger partial charge on any atom is -0.494 e. The molecule has 4 aromatic rings. The van der Waals surface area contributed by atoms with Crippen LogP contribution in [0, 0.1) is 0 Å². The fraction of sp³-hybridized carbons (Fsp3) is 0.200. The number of para-hydroxylation sites is 1. The van der Waals surface area contributed by atoms with Crippen LogP contribution in [0.25, 0.3) is 21.2 Å². The third-order valence-corrected chi connectivity index (χ3v) is 4.98. The van der Waals surface area contributed by atoms with Crippen molar-refractivity contribution in [2.45, 2.75) is 13.3 Å². The lowest BCUT2D eigenvalue weighted by Gasteiger charge is -2.03. The fourth-order valence-corrected chi connectivity index (χ4v) is 3.68. The van der Waals surface area contributed by atoms with Crippen LogP contribution in [0.1, 0.15) is 12.6 Å². The summed E-state index contributed by atoms with van der Waals surface area (Å²) in [5.74, 6) is -0.284. The molecule has 0 aliphatic rings. The van der Waals surface area contributed by atoms with Gasteiger partial charge in [0.1, 0.15) is 11.4 Å². The van der Waals surface area contributed by atoms with Crippen molar-refractivity contribution in [1.29, 1.82) is 0 Å². The predicted molar refractivity (Wildman–Crippen MR) is 108 cm³/mol. The van der Waals surface area contributed by atoms with E-state index < -0.39 is 18.5 Å². The number of nitrogens with one attached hydrogen (secondary N) is 1. The van der Waals surface area contributed by atoms with Crippen LogP contribution in [0.15, 0.2) is 47.0 Å². The van der Waals surface area contributed by atoms with Gasteiger partial charge in [0.05, 0.1) is 23.2 Å². The Morgan fingerprint density at radius 2 is 2.07 bits per heavy atom. The zero-order chi connectivity index (χ0) is 20.2. The van der Waals surface area contributed by atoms with E-state index in [2.05, 4.69) is 15.5 Å². The summed E-state index contributed by atoms with van der Waals surface area (Å²) in [6.07, 6.45) is -0.0777. The Labute approximate surface area is 169 Å². The summed E-state index contributed by atoms with van der Waals surface area (Å²) in [6.45, 7) is 2.08. The molecule has 0 atom stereocenters. The predicted octanol–water partition coefficient (Wildman–Crippen LogP) is 3.56. The lowest BCUT2D eigenvalue weighted by atomic mass is 10.2. The Bertz CT molecular complexity index is 1180. The number of carbonyl (C=O) groups excluding carboxylic acids is 2. The number of amides is 1. The van der Waals surface area contributed by atoms with Crippen molar-refractivity contribution in [3.05, 3.63) is 48.2 Å². The summed E-state index contributed by atoms with van der Waals surface area (Å²) in [5.41, 5.74) is 1.82. The lowest BCUT2D eigenvalue weighted by molar-refractivity contribution is -0.146. The number of thiazole rings is 1. The van der Waals surface area contributed by atoms with Crippen LogP contribution in [0.5, 0.6) is 5.75 Å². The third-order valence-electron chi connectivity index (χ3n) is 4.05. The molecule has 0 radical (unpaired) electrons. The van der Waals surface area contributed by atoms with Crippen molar-refractivity contribution in [1.82, 2.24) is 10.1 Å². The normalized spacial score (nSPS) is 10.9. The van der Waals surface area contributed by atoms with Crippen LogP contribution in [-0.2, 0) is 20.7 Å². The van der Waals surface area contributed by atoms with Gasteiger partial charge in [0.15, 0.2) is 17.3 Å². The number of carbonyl (C=O) groups is 2. The van der Waals surface area contributed by atoms with Crippen LogP contribution in [0.4, 0.5) is 5.13 Å². The molecular weight excluding hydrogens is 394 g/mol. The van der Waals surface area contributed by atoms with Gasteiger partial charge in [0.25, 0.3) is 5.91 Å². The Morgan fingerprint density at radius 1 is 1.21 bits per heavy atom. The van der Waals surface area contributed by atoms with Gasteiger partial charge >= 0.3 is 5.97 Å². The molecule has 148 valence electrons. The first-order chi connectivity index (χ1) is 14.1. The molecule has 1 amide bonds. The summed E-state index contributed by atoms with van der Waals surface area (Å²) in [4.78, 5) is 28.5. The first kappa shape index (κ1) is 18.9. The first-order valence-electron chi connectivity index (χ1n) is 8.94. The highest BCUT2D eigenvalue weighted by molar-refractivity contribution is 7.22. The van der Waals surface area contributed by atoms with E-state index in [-0.39, 0.29) is 6.42 Å². The summed E-state index contributed by atoms with van der Waals surface area (Å²) in [7, 11) is 0. The van der Waals surface area contributed by atoms with Crippen molar-refractivity contribution >= 4 is 49.5 Å². The summed E-state index contributed by atoms with van der Waals surface area (Å²) in [6, 6.07) is 12.7. The second kappa shape index (κ2) is 8.27. The molecule has 29 heavy (non-hydrogen) atoms. The molecule has 0 bridgehead atoms. The molecule has 0 saturated carbocycles. The zero-order valence-electron chi connectivity index (χ0n) is 15.5. The maximum absolute atomic E-state index is 12.1. The number of ether oxygens (including phenoxy) is 2. The molecule has 2 aromatic heterocycles. The van der Waals surface area contributed by atoms with E-state index in [9.17, 15) is 9.59 Å². The maximum Gasteiger partial charge on any atom is 0.312 e. The second-order valence-corrected chi connectivity index (χ2v) is 7.12. The summed E-state index contributed by atoms with van der Waals surface area (Å²) >= 11 is 1.32. The van der Waals surface area contributed by atoms with Gasteiger partial charge in [-0.3, -0.25) is 14.9 Å².